The Morgan fingerprint density at radius 3 is 2.60 bits per heavy atom. The Morgan fingerprint density at radius 2 is 1.92 bits per heavy atom. The fourth-order valence-electron chi connectivity index (χ4n) is 3.20. The third-order valence-electron chi connectivity index (χ3n) is 4.53. The molecule has 1 atom stereocenters. The SMILES string of the molecule is Cc1ccc([C@@H](CNC(=O)COc2ccccc2)N2CCCCC2)o1. The molecule has 1 N–H and O–H groups in total. The van der Waals surface area contributed by atoms with Crippen molar-refractivity contribution < 1.29 is 13.9 Å². The molecule has 1 saturated heterocycles. The number of hydrogen-bond acceptors (Lipinski definition) is 4. The second-order valence-corrected chi connectivity index (χ2v) is 6.47. The number of nitrogens with zero attached hydrogens (tertiary/aromatic N) is 1. The van der Waals surface area contributed by atoms with E-state index in [1.807, 2.05) is 49.4 Å². The van der Waals surface area contributed by atoms with Crippen LogP contribution in [0.5, 0.6) is 5.75 Å². The third-order valence-corrected chi connectivity index (χ3v) is 4.53. The van der Waals surface area contributed by atoms with Crippen LogP contribution in [0.15, 0.2) is 46.9 Å². The van der Waals surface area contributed by atoms with Crippen molar-refractivity contribution in [2.24, 2.45) is 0 Å². The van der Waals surface area contributed by atoms with E-state index in [4.69, 9.17) is 9.15 Å². The minimum Gasteiger partial charge on any atom is -0.484 e. The van der Waals surface area contributed by atoms with Crippen molar-refractivity contribution in [3.05, 3.63) is 54.0 Å². The monoisotopic (exact) mass is 342 g/mol. The maximum absolute atomic E-state index is 12.2. The summed E-state index contributed by atoms with van der Waals surface area (Å²) in [5, 5.41) is 2.99. The Hall–Kier alpha value is -2.27. The molecular weight excluding hydrogens is 316 g/mol. The highest BCUT2D eigenvalue weighted by Gasteiger charge is 2.25. The molecule has 1 amide bonds. The summed E-state index contributed by atoms with van der Waals surface area (Å²) >= 11 is 0. The number of ether oxygens (including phenoxy) is 1. The topological polar surface area (TPSA) is 54.7 Å². The summed E-state index contributed by atoms with van der Waals surface area (Å²) in [6, 6.07) is 13.5. The standard InChI is InChI=1S/C20H26N2O3/c1-16-10-11-19(25-16)18(22-12-6-3-7-13-22)14-21-20(23)15-24-17-8-4-2-5-9-17/h2,4-5,8-11,18H,3,6-7,12-15H2,1H3,(H,21,23)/t18-/m1/s1. The first kappa shape index (κ1) is 17.5. The quantitative estimate of drug-likeness (QED) is 0.839. The first-order chi connectivity index (χ1) is 12.2. The minimum absolute atomic E-state index is 0.0217. The van der Waals surface area contributed by atoms with E-state index in [1.165, 1.54) is 19.3 Å². The van der Waals surface area contributed by atoms with Crippen LogP contribution < -0.4 is 10.1 Å². The number of carbonyl (C=O) groups excluding carboxylic acids is 1. The van der Waals surface area contributed by atoms with Gasteiger partial charge in [-0.2, -0.15) is 0 Å². The van der Waals surface area contributed by atoms with E-state index in [0.717, 1.165) is 24.6 Å². The van der Waals surface area contributed by atoms with Crippen molar-refractivity contribution in [1.82, 2.24) is 10.2 Å². The number of carbonyl (C=O) groups is 1. The zero-order valence-corrected chi connectivity index (χ0v) is 14.7. The van der Waals surface area contributed by atoms with Crippen LogP contribution in [0.3, 0.4) is 0 Å². The molecular formula is C20H26N2O3. The minimum atomic E-state index is -0.117. The lowest BCUT2D eigenvalue weighted by Gasteiger charge is -2.33. The van der Waals surface area contributed by atoms with Crippen molar-refractivity contribution in [2.75, 3.05) is 26.2 Å². The average molecular weight is 342 g/mol. The summed E-state index contributed by atoms with van der Waals surface area (Å²) in [6.45, 7) is 4.59. The number of para-hydroxylation sites is 1. The van der Waals surface area contributed by atoms with Gasteiger partial charge in [0, 0.05) is 6.54 Å². The Bertz CT molecular complexity index is 663. The number of furan rings is 1. The number of likely N-dealkylation sites (tertiary alicyclic amines) is 1. The second kappa shape index (κ2) is 8.72. The highest BCUT2D eigenvalue weighted by Crippen LogP contribution is 2.25. The molecule has 5 heteroatoms. The lowest BCUT2D eigenvalue weighted by Crippen LogP contribution is -2.41. The van der Waals surface area contributed by atoms with E-state index in [9.17, 15) is 4.79 Å². The molecule has 2 aromatic rings. The second-order valence-electron chi connectivity index (χ2n) is 6.47. The number of aryl methyl sites for hydroxylation is 1. The molecule has 5 nitrogen and oxygen atoms in total. The number of amides is 1. The number of piperidine rings is 1. The first-order valence-corrected chi connectivity index (χ1v) is 8.97. The van der Waals surface area contributed by atoms with Crippen LogP contribution in [0.25, 0.3) is 0 Å². The van der Waals surface area contributed by atoms with E-state index in [0.29, 0.717) is 12.3 Å². The Morgan fingerprint density at radius 1 is 1.16 bits per heavy atom. The van der Waals surface area contributed by atoms with Crippen LogP contribution in [0, 0.1) is 6.92 Å². The third kappa shape index (κ3) is 5.10. The maximum Gasteiger partial charge on any atom is 0.258 e. The molecule has 1 aromatic carbocycles. The van der Waals surface area contributed by atoms with Crippen LogP contribution in [-0.2, 0) is 4.79 Å². The van der Waals surface area contributed by atoms with Gasteiger partial charge in [0.1, 0.15) is 17.3 Å². The van der Waals surface area contributed by atoms with Gasteiger partial charge in [-0.25, -0.2) is 0 Å². The molecule has 134 valence electrons. The highest BCUT2D eigenvalue weighted by atomic mass is 16.5. The molecule has 1 aliphatic rings. The molecule has 0 saturated carbocycles. The van der Waals surface area contributed by atoms with Gasteiger partial charge < -0.3 is 14.5 Å². The molecule has 0 aliphatic carbocycles. The summed E-state index contributed by atoms with van der Waals surface area (Å²) < 4.78 is 11.3. The van der Waals surface area contributed by atoms with E-state index in [-0.39, 0.29) is 18.6 Å². The average Bonchev–Trinajstić information content (AvgIpc) is 3.08. The Balaban J connectivity index is 1.55. The van der Waals surface area contributed by atoms with Crippen molar-refractivity contribution in [3.63, 3.8) is 0 Å². The van der Waals surface area contributed by atoms with Gasteiger partial charge in [-0.3, -0.25) is 9.69 Å². The van der Waals surface area contributed by atoms with Gasteiger partial charge in [-0.15, -0.1) is 0 Å². The van der Waals surface area contributed by atoms with Crippen LogP contribution in [0.2, 0.25) is 0 Å². The molecule has 3 rings (SSSR count). The number of hydrogen-bond donors (Lipinski definition) is 1. The van der Waals surface area contributed by atoms with Crippen LogP contribution in [0.1, 0.15) is 36.8 Å². The zero-order valence-electron chi connectivity index (χ0n) is 14.7. The van der Waals surface area contributed by atoms with Gasteiger partial charge in [0.15, 0.2) is 6.61 Å². The van der Waals surface area contributed by atoms with Gasteiger partial charge in [-0.05, 0) is 57.1 Å². The smallest absolute Gasteiger partial charge is 0.258 e. The number of nitrogens with one attached hydrogen (secondary N) is 1. The van der Waals surface area contributed by atoms with Crippen molar-refractivity contribution in [2.45, 2.75) is 32.2 Å². The summed E-state index contributed by atoms with van der Waals surface area (Å²) in [6.07, 6.45) is 3.67. The summed E-state index contributed by atoms with van der Waals surface area (Å²) in [5.41, 5.74) is 0. The van der Waals surface area contributed by atoms with Crippen molar-refractivity contribution in [1.29, 1.82) is 0 Å². The normalized spacial score (nSPS) is 16.4. The highest BCUT2D eigenvalue weighted by molar-refractivity contribution is 5.77. The molecule has 1 aliphatic heterocycles. The molecule has 0 unspecified atom stereocenters. The van der Waals surface area contributed by atoms with Gasteiger partial charge in [0.25, 0.3) is 5.91 Å². The van der Waals surface area contributed by atoms with Gasteiger partial charge in [-0.1, -0.05) is 24.6 Å². The molecule has 2 heterocycles. The van der Waals surface area contributed by atoms with Crippen LogP contribution in [0.4, 0.5) is 0 Å². The summed E-state index contributed by atoms with van der Waals surface area (Å²) in [4.78, 5) is 14.6. The molecule has 1 fully saturated rings. The first-order valence-electron chi connectivity index (χ1n) is 8.97. The van der Waals surface area contributed by atoms with Gasteiger partial charge in [0.05, 0.1) is 6.04 Å². The zero-order chi connectivity index (χ0) is 17.5. The molecule has 0 spiro atoms. The number of benzene rings is 1. The fourth-order valence-corrected chi connectivity index (χ4v) is 3.20. The number of rotatable bonds is 7. The van der Waals surface area contributed by atoms with Crippen LogP contribution >= 0.6 is 0 Å². The molecule has 0 radical (unpaired) electrons. The maximum atomic E-state index is 12.2. The fraction of sp³-hybridized carbons (Fsp3) is 0.450. The van der Waals surface area contributed by atoms with E-state index in [2.05, 4.69) is 10.2 Å². The lowest BCUT2D eigenvalue weighted by molar-refractivity contribution is -0.123. The lowest BCUT2D eigenvalue weighted by atomic mass is 10.1. The predicted molar refractivity (Wildman–Crippen MR) is 96.6 cm³/mol. The van der Waals surface area contributed by atoms with E-state index < -0.39 is 0 Å². The summed E-state index contributed by atoms with van der Waals surface area (Å²) in [5.74, 6) is 2.40. The van der Waals surface area contributed by atoms with Gasteiger partial charge >= 0.3 is 0 Å². The molecule has 1 aromatic heterocycles. The van der Waals surface area contributed by atoms with E-state index >= 15 is 0 Å². The molecule has 0 bridgehead atoms. The molecule has 25 heavy (non-hydrogen) atoms. The van der Waals surface area contributed by atoms with E-state index in [1.54, 1.807) is 0 Å². The Kier molecular flexibility index (Phi) is 6.12. The van der Waals surface area contributed by atoms with Crippen LogP contribution in [-0.4, -0.2) is 37.0 Å². The van der Waals surface area contributed by atoms with Crippen molar-refractivity contribution >= 4 is 5.91 Å². The largest absolute Gasteiger partial charge is 0.484 e. The predicted octanol–water partition coefficient (Wildman–Crippen LogP) is 3.31. The summed E-state index contributed by atoms with van der Waals surface area (Å²) in [7, 11) is 0. The van der Waals surface area contributed by atoms with Crippen molar-refractivity contribution in [3.8, 4) is 5.75 Å². The van der Waals surface area contributed by atoms with Gasteiger partial charge in [0.2, 0.25) is 0 Å². The Labute approximate surface area is 149 Å².